The summed E-state index contributed by atoms with van der Waals surface area (Å²) in [5.41, 5.74) is 2.21. The molecule has 0 spiro atoms. The van der Waals surface area contributed by atoms with E-state index in [-0.39, 0.29) is 0 Å². The number of aromatic amines is 1. The maximum absolute atomic E-state index is 10.6. The van der Waals surface area contributed by atoms with Crippen molar-refractivity contribution in [1.82, 2.24) is 15.0 Å². The zero-order valence-electron chi connectivity index (χ0n) is 12.4. The van der Waals surface area contributed by atoms with E-state index in [1.54, 1.807) is 24.4 Å². The Hall–Kier alpha value is -3.09. The predicted octanol–water partition coefficient (Wildman–Crippen LogP) is 2.49. The third-order valence-electron chi connectivity index (χ3n) is 3.13. The summed E-state index contributed by atoms with van der Waals surface area (Å²) >= 11 is 0. The number of aromatic nitrogens is 3. The molecule has 0 bridgehead atoms. The highest BCUT2D eigenvalue weighted by Crippen LogP contribution is 2.32. The molecule has 0 aliphatic rings. The number of ether oxygens (including phenoxy) is 2. The highest BCUT2D eigenvalue weighted by Gasteiger charge is 2.13. The molecule has 0 fully saturated rings. The van der Waals surface area contributed by atoms with Crippen molar-refractivity contribution in [1.29, 1.82) is 0 Å². The molecule has 0 radical (unpaired) electrons. The van der Waals surface area contributed by atoms with E-state index in [4.69, 9.17) is 14.6 Å². The van der Waals surface area contributed by atoms with Crippen molar-refractivity contribution < 1.29 is 19.4 Å². The Balaban J connectivity index is 1.98. The van der Waals surface area contributed by atoms with Crippen molar-refractivity contribution in [3.05, 3.63) is 36.5 Å². The van der Waals surface area contributed by atoms with Crippen LogP contribution < -0.4 is 9.47 Å². The van der Waals surface area contributed by atoms with Crippen LogP contribution in [0.25, 0.3) is 22.6 Å². The number of aliphatic carboxylic acids is 1. The summed E-state index contributed by atoms with van der Waals surface area (Å²) in [6, 6.07) is 8.84. The molecule has 23 heavy (non-hydrogen) atoms. The topological polar surface area (TPSA) is 97.3 Å². The molecule has 3 aromatic rings. The second-order valence-electron chi connectivity index (χ2n) is 4.73. The van der Waals surface area contributed by atoms with Gasteiger partial charge in [-0.2, -0.15) is 0 Å². The van der Waals surface area contributed by atoms with Crippen molar-refractivity contribution in [3.63, 3.8) is 0 Å². The highest BCUT2D eigenvalue weighted by molar-refractivity contribution is 5.78. The van der Waals surface area contributed by atoms with Crippen LogP contribution in [-0.2, 0) is 4.79 Å². The number of imidazole rings is 1. The molecule has 0 saturated heterocycles. The van der Waals surface area contributed by atoms with Gasteiger partial charge >= 0.3 is 5.97 Å². The third kappa shape index (κ3) is 3.23. The van der Waals surface area contributed by atoms with Gasteiger partial charge in [-0.1, -0.05) is 0 Å². The zero-order chi connectivity index (χ0) is 16.2. The number of nitrogens with zero attached hydrogens (tertiary/aromatic N) is 2. The van der Waals surface area contributed by atoms with Crippen LogP contribution >= 0.6 is 0 Å². The quantitative estimate of drug-likeness (QED) is 0.725. The van der Waals surface area contributed by atoms with E-state index in [9.17, 15) is 4.79 Å². The van der Waals surface area contributed by atoms with Gasteiger partial charge in [0, 0.05) is 12.3 Å². The first-order chi connectivity index (χ1) is 11.2. The van der Waals surface area contributed by atoms with Gasteiger partial charge in [0.2, 0.25) is 0 Å². The van der Waals surface area contributed by atoms with Crippen LogP contribution in [0.2, 0.25) is 0 Å². The van der Waals surface area contributed by atoms with Crippen LogP contribution in [0.4, 0.5) is 0 Å². The Kier molecular flexibility index (Phi) is 4.09. The number of carboxylic acids is 1. The number of H-pyrrole nitrogens is 1. The van der Waals surface area contributed by atoms with E-state index < -0.39 is 12.6 Å². The number of carboxylic acid groups (broad SMARTS) is 1. The Morgan fingerprint density at radius 3 is 2.91 bits per heavy atom. The van der Waals surface area contributed by atoms with Crippen LogP contribution in [0, 0.1) is 0 Å². The lowest BCUT2D eigenvalue weighted by Gasteiger charge is -2.11. The second kappa shape index (κ2) is 6.35. The van der Waals surface area contributed by atoms with Gasteiger partial charge in [-0.3, -0.25) is 0 Å². The molecular formula is C16H15N3O4. The first kappa shape index (κ1) is 14.8. The van der Waals surface area contributed by atoms with Crippen molar-refractivity contribution in [2.24, 2.45) is 0 Å². The summed E-state index contributed by atoms with van der Waals surface area (Å²) in [5, 5.41) is 8.68. The van der Waals surface area contributed by atoms with Crippen LogP contribution in [0.15, 0.2) is 36.5 Å². The van der Waals surface area contributed by atoms with E-state index in [0.29, 0.717) is 29.6 Å². The molecule has 3 rings (SSSR count). The molecule has 0 unspecified atom stereocenters. The fourth-order valence-electron chi connectivity index (χ4n) is 2.18. The van der Waals surface area contributed by atoms with Gasteiger partial charge in [-0.15, -0.1) is 0 Å². The standard InChI is InChI=1S/C16H15N3O4/c1-2-22-13-8-10(23-9-14(20)21)5-6-11(13)15-18-12-4-3-7-17-16(12)19-15/h3-8H,2,9H2,1H3,(H,20,21)(H,17,18,19). The molecule has 0 aliphatic heterocycles. The van der Waals surface area contributed by atoms with E-state index in [0.717, 1.165) is 11.1 Å². The van der Waals surface area contributed by atoms with Crippen LogP contribution in [0.3, 0.4) is 0 Å². The van der Waals surface area contributed by atoms with E-state index in [1.165, 1.54) is 0 Å². The average molecular weight is 313 g/mol. The SMILES string of the molecule is CCOc1cc(OCC(=O)O)ccc1-c1nc2ncccc2[nH]1. The summed E-state index contributed by atoms with van der Waals surface area (Å²) in [7, 11) is 0. The molecular weight excluding hydrogens is 298 g/mol. The van der Waals surface area contributed by atoms with Gasteiger partial charge in [0.25, 0.3) is 0 Å². The number of hydrogen-bond donors (Lipinski definition) is 2. The van der Waals surface area contributed by atoms with Crippen molar-refractivity contribution >= 4 is 17.1 Å². The molecule has 7 nitrogen and oxygen atoms in total. The molecule has 0 atom stereocenters. The molecule has 0 amide bonds. The molecule has 7 heteroatoms. The molecule has 0 aliphatic carbocycles. The van der Waals surface area contributed by atoms with Crippen molar-refractivity contribution in [2.45, 2.75) is 6.92 Å². The number of fused-ring (bicyclic) bond motifs is 1. The number of benzene rings is 1. The fourth-order valence-corrected chi connectivity index (χ4v) is 2.18. The molecule has 1 aromatic carbocycles. The first-order valence-corrected chi connectivity index (χ1v) is 7.10. The fraction of sp³-hybridized carbons (Fsp3) is 0.188. The van der Waals surface area contributed by atoms with Crippen LogP contribution in [0.1, 0.15) is 6.92 Å². The van der Waals surface area contributed by atoms with Crippen molar-refractivity contribution in [2.75, 3.05) is 13.2 Å². The number of rotatable bonds is 6. The number of hydrogen-bond acceptors (Lipinski definition) is 5. The van der Waals surface area contributed by atoms with Crippen LogP contribution in [0.5, 0.6) is 11.5 Å². The van der Waals surface area contributed by atoms with Gasteiger partial charge in [0.05, 0.1) is 17.7 Å². The largest absolute Gasteiger partial charge is 0.493 e. The monoisotopic (exact) mass is 313 g/mol. The second-order valence-corrected chi connectivity index (χ2v) is 4.73. The highest BCUT2D eigenvalue weighted by atomic mass is 16.5. The molecule has 0 saturated carbocycles. The van der Waals surface area contributed by atoms with E-state index in [1.807, 2.05) is 19.1 Å². The van der Waals surface area contributed by atoms with E-state index in [2.05, 4.69) is 15.0 Å². The lowest BCUT2D eigenvalue weighted by atomic mass is 10.2. The summed E-state index contributed by atoms with van der Waals surface area (Å²) in [5.74, 6) is 0.589. The maximum atomic E-state index is 10.6. The zero-order valence-corrected chi connectivity index (χ0v) is 12.4. The number of carbonyl (C=O) groups is 1. The number of pyridine rings is 1. The Morgan fingerprint density at radius 1 is 1.30 bits per heavy atom. The maximum Gasteiger partial charge on any atom is 0.341 e. The summed E-state index contributed by atoms with van der Waals surface area (Å²) < 4.78 is 10.8. The Bertz CT molecular complexity index is 811. The lowest BCUT2D eigenvalue weighted by Crippen LogP contribution is -2.09. The van der Waals surface area contributed by atoms with Gasteiger partial charge in [0.15, 0.2) is 12.3 Å². The van der Waals surface area contributed by atoms with Crippen LogP contribution in [-0.4, -0.2) is 39.2 Å². The Labute approximate surface area is 131 Å². The van der Waals surface area contributed by atoms with Gasteiger partial charge < -0.3 is 19.6 Å². The summed E-state index contributed by atoms with van der Waals surface area (Å²) in [6.07, 6.45) is 1.68. The molecule has 2 heterocycles. The minimum absolute atomic E-state index is 0.403. The average Bonchev–Trinajstić information content (AvgIpc) is 2.97. The predicted molar refractivity (Wildman–Crippen MR) is 83.6 cm³/mol. The molecule has 2 aromatic heterocycles. The molecule has 2 N–H and O–H groups in total. The summed E-state index contributed by atoms with van der Waals surface area (Å²) in [6.45, 7) is 1.93. The van der Waals surface area contributed by atoms with Gasteiger partial charge in [-0.05, 0) is 31.2 Å². The lowest BCUT2D eigenvalue weighted by molar-refractivity contribution is -0.139. The smallest absolute Gasteiger partial charge is 0.341 e. The third-order valence-corrected chi connectivity index (χ3v) is 3.13. The minimum Gasteiger partial charge on any atom is -0.493 e. The van der Waals surface area contributed by atoms with Crippen molar-refractivity contribution in [3.8, 4) is 22.9 Å². The van der Waals surface area contributed by atoms with Gasteiger partial charge in [0.1, 0.15) is 17.3 Å². The van der Waals surface area contributed by atoms with E-state index >= 15 is 0 Å². The minimum atomic E-state index is -1.03. The number of nitrogens with one attached hydrogen (secondary N) is 1. The normalized spacial score (nSPS) is 10.7. The summed E-state index contributed by atoms with van der Waals surface area (Å²) in [4.78, 5) is 22.4. The molecule has 118 valence electrons. The van der Waals surface area contributed by atoms with Gasteiger partial charge in [-0.25, -0.2) is 14.8 Å². The Morgan fingerprint density at radius 2 is 2.17 bits per heavy atom. The first-order valence-electron chi connectivity index (χ1n) is 7.10.